The Bertz CT molecular complexity index is 2120. The zero-order valence-corrected chi connectivity index (χ0v) is 27.9. The molecule has 0 bridgehead atoms. The third kappa shape index (κ3) is 6.61. The molecule has 242 valence electrons. The lowest BCUT2D eigenvalue weighted by atomic mass is 10.1. The van der Waals surface area contributed by atoms with Gasteiger partial charge in [0.2, 0.25) is 0 Å². The van der Waals surface area contributed by atoms with Crippen LogP contribution in [0, 0.1) is 0 Å². The molecular weight excluding hydrogens is 627 g/mol. The first-order valence-corrected chi connectivity index (χ1v) is 17.5. The number of rotatable bonds is 12. The highest BCUT2D eigenvalue weighted by Crippen LogP contribution is 2.36. The number of hydrogen-bond donors (Lipinski definition) is 2. The highest BCUT2D eigenvalue weighted by atomic mass is 32.2. The van der Waals surface area contributed by atoms with E-state index < -0.39 is 31.9 Å². The summed E-state index contributed by atoms with van der Waals surface area (Å²) >= 11 is 0. The van der Waals surface area contributed by atoms with Gasteiger partial charge in [-0.05, 0) is 42.0 Å². The van der Waals surface area contributed by atoms with Gasteiger partial charge in [0, 0.05) is 67.7 Å². The Labute approximate surface area is 269 Å². The number of nitrogens with zero attached hydrogens (tertiary/aromatic N) is 2. The predicted octanol–water partition coefficient (Wildman–Crippen LogP) is 4.96. The summed E-state index contributed by atoms with van der Waals surface area (Å²) in [5, 5.41) is 16.4. The number of nitrogens with one attached hydrogen (secondary N) is 1. The van der Waals surface area contributed by atoms with Crippen molar-refractivity contribution in [2.75, 3.05) is 57.5 Å². The van der Waals surface area contributed by atoms with Crippen LogP contribution in [0.5, 0.6) is 11.5 Å². The van der Waals surface area contributed by atoms with Gasteiger partial charge in [-0.3, -0.25) is 0 Å². The van der Waals surface area contributed by atoms with Crippen molar-refractivity contribution < 1.29 is 30.9 Å². The van der Waals surface area contributed by atoms with Gasteiger partial charge in [0.25, 0.3) is 0 Å². The smallest absolute Gasteiger partial charge is 0.339 e. The van der Waals surface area contributed by atoms with Gasteiger partial charge in [-0.2, -0.15) is 8.42 Å². The van der Waals surface area contributed by atoms with Gasteiger partial charge >= 0.3 is 10.1 Å². The maximum Gasteiger partial charge on any atom is 0.339 e. The Hall–Kier alpha value is -4.36. The van der Waals surface area contributed by atoms with Crippen LogP contribution in [0.1, 0.15) is 11.7 Å². The zero-order valence-electron chi connectivity index (χ0n) is 26.3. The molecule has 12 heteroatoms. The molecule has 1 atom stereocenters. The van der Waals surface area contributed by atoms with E-state index in [9.17, 15) is 21.9 Å². The number of fused-ring (bicyclic) bond motifs is 2. The van der Waals surface area contributed by atoms with E-state index in [1.54, 1.807) is 36.4 Å². The second-order valence-corrected chi connectivity index (χ2v) is 14.7. The molecule has 0 aliphatic carbocycles. The molecule has 0 saturated carbocycles. The molecule has 2 N–H and O–H groups in total. The van der Waals surface area contributed by atoms with Crippen molar-refractivity contribution in [3.05, 3.63) is 96.6 Å². The molecule has 46 heavy (non-hydrogen) atoms. The Morgan fingerprint density at radius 2 is 1.22 bits per heavy atom. The van der Waals surface area contributed by atoms with Crippen molar-refractivity contribution in [2.24, 2.45) is 0 Å². The van der Waals surface area contributed by atoms with E-state index >= 15 is 0 Å². The number of anilines is 2. The molecule has 0 fully saturated rings. The molecule has 0 amide bonds. The molecule has 5 aromatic rings. The maximum atomic E-state index is 13.5. The van der Waals surface area contributed by atoms with Gasteiger partial charge in [0.05, 0.1) is 18.1 Å². The van der Waals surface area contributed by atoms with E-state index in [0.29, 0.717) is 16.3 Å². The van der Waals surface area contributed by atoms with Crippen LogP contribution in [0.2, 0.25) is 0 Å². The summed E-state index contributed by atoms with van der Waals surface area (Å²) in [6.07, 6.45) is -1.12. The number of aliphatic hydroxyl groups excluding tert-OH is 1. The van der Waals surface area contributed by atoms with Crippen molar-refractivity contribution in [1.29, 1.82) is 0 Å². The summed E-state index contributed by atoms with van der Waals surface area (Å²) in [6, 6.07) is 25.5. The van der Waals surface area contributed by atoms with Crippen LogP contribution in [-0.4, -0.2) is 69.7 Å². The molecule has 0 heterocycles. The number of benzene rings is 5. The molecule has 0 spiro atoms. The third-order valence-electron chi connectivity index (χ3n) is 7.69. The number of aliphatic hydroxyl groups is 1. The number of hydrogen-bond acceptors (Lipinski definition) is 10. The molecule has 5 rings (SSSR count). The topological polar surface area (TPSA) is 125 Å². The molecular formula is C34H37N3O7S2. The largest absolute Gasteiger partial charge is 0.493 e. The van der Waals surface area contributed by atoms with Crippen LogP contribution in [0.15, 0.2) is 101 Å². The number of methoxy groups -OCH3 is 1. The summed E-state index contributed by atoms with van der Waals surface area (Å²) in [5.74, 6) is -0.357. The molecule has 1 unspecified atom stereocenters. The first-order valence-electron chi connectivity index (χ1n) is 14.5. The number of ether oxygens (including phenoxy) is 1. The lowest BCUT2D eigenvalue weighted by Gasteiger charge is -2.18. The standard InChI is InChI=1S/C34H37N3O7S2/c1-36(2)28-14-6-12-26-24(28)10-8-16-33(26)45(39,40)22-35-21-30(38)23-18-19-31(32(20-23)43-5)44-46(41,42)34-17-9-11-25-27(34)13-7-15-29(25)37(3)4/h6-20,30,35,38H,21-22H2,1-5H3. The van der Waals surface area contributed by atoms with E-state index in [1.165, 1.54) is 31.4 Å². The average Bonchev–Trinajstić information content (AvgIpc) is 3.03. The molecule has 0 saturated heterocycles. The second-order valence-electron chi connectivity index (χ2n) is 11.2. The summed E-state index contributed by atoms with van der Waals surface area (Å²) in [6.45, 7) is -0.0845. The van der Waals surface area contributed by atoms with Crippen LogP contribution >= 0.6 is 0 Å². The van der Waals surface area contributed by atoms with Crippen molar-refractivity contribution >= 4 is 52.9 Å². The van der Waals surface area contributed by atoms with Crippen LogP contribution in [0.25, 0.3) is 21.5 Å². The van der Waals surface area contributed by atoms with Gasteiger partial charge in [-0.25, -0.2) is 8.42 Å². The number of sulfone groups is 1. The lowest BCUT2D eigenvalue weighted by molar-refractivity contribution is 0.176. The van der Waals surface area contributed by atoms with Gasteiger partial charge in [0.15, 0.2) is 21.3 Å². The van der Waals surface area contributed by atoms with E-state index in [2.05, 4.69) is 5.32 Å². The zero-order chi connectivity index (χ0) is 33.2. The third-order valence-corrected chi connectivity index (χ3v) is 10.6. The lowest BCUT2D eigenvalue weighted by Crippen LogP contribution is -2.28. The fraction of sp³-hybridized carbons (Fsp3) is 0.235. The fourth-order valence-electron chi connectivity index (χ4n) is 5.45. The Balaban J connectivity index is 1.31. The fourth-order valence-corrected chi connectivity index (χ4v) is 7.94. The highest BCUT2D eigenvalue weighted by molar-refractivity contribution is 7.91. The minimum absolute atomic E-state index is 0.00871. The molecule has 10 nitrogen and oxygen atoms in total. The molecule has 5 aromatic carbocycles. The Morgan fingerprint density at radius 1 is 0.696 bits per heavy atom. The van der Waals surface area contributed by atoms with E-state index in [4.69, 9.17) is 8.92 Å². The summed E-state index contributed by atoms with van der Waals surface area (Å²) in [7, 11) is 0.907. The van der Waals surface area contributed by atoms with E-state index in [0.717, 1.165) is 22.1 Å². The van der Waals surface area contributed by atoms with E-state index in [-0.39, 0.29) is 27.8 Å². The van der Waals surface area contributed by atoms with Crippen molar-refractivity contribution in [2.45, 2.75) is 15.9 Å². The normalized spacial score (nSPS) is 12.7. The predicted molar refractivity (Wildman–Crippen MR) is 182 cm³/mol. The SMILES string of the molecule is COc1cc(C(O)CNCS(=O)(=O)c2cccc3c(N(C)C)cccc23)ccc1OS(=O)(=O)c1cccc2c(N(C)C)cccc12. The summed E-state index contributed by atoms with van der Waals surface area (Å²) < 4.78 is 64.5. The minimum atomic E-state index is -4.27. The van der Waals surface area contributed by atoms with Gasteiger partial charge in [-0.15, -0.1) is 0 Å². The van der Waals surface area contributed by atoms with Crippen molar-refractivity contribution in [3.63, 3.8) is 0 Å². The first kappa shape index (κ1) is 33.0. The van der Waals surface area contributed by atoms with Crippen molar-refractivity contribution in [1.82, 2.24) is 5.32 Å². The Morgan fingerprint density at radius 3 is 1.78 bits per heavy atom. The minimum Gasteiger partial charge on any atom is -0.493 e. The summed E-state index contributed by atoms with van der Waals surface area (Å²) in [4.78, 5) is 4.04. The van der Waals surface area contributed by atoms with Crippen molar-refractivity contribution in [3.8, 4) is 11.5 Å². The average molecular weight is 664 g/mol. The van der Waals surface area contributed by atoms with Crippen LogP contribution in [-0.2, 0) is 20.0 Å². The maximum absolute atomic E-state index is 13.5. The monoisotopic (exact) mass is 663 g/mol. The molecule has 0 aliphatic rings. The molecule has 0 radical (unpaired) electrons. The second kappa shape index (κ2) is 13.2. The van der Waals surface area contributed by atoms with Gasteiger partial charge in [-0.1, -0.05) is 54.6 Å². The highest BCUT2D eigenvalue weighted by Gasteiger charge is 2.24. The molecule has 0 aliphatic heterocycles. The quantitative estimate of drug-likeness (QED) is 0.177. The molecule has 0 aromatic heterocycles. The van der Waals surface area contributed by atoms with Gasteiger partial charge < -0.3 is 29.1 Å². The van der Waals surface area contributed by atoms with Gasteiger partial charge in [0.1, 0.15) is 10.8 Å². The van der Waals surface area contributed by atoms with Crippen LogP contribution in [0.3, 0.4) is 0 Å². The van der Waals surface area contributed by atoms with Crippen LogP contribution in [0.4, 0.5) is 11.4 Å². The first-order chi connectivity index (χ1) is 21.8. The summed E-state index contributed by atoms with van der Waals surface area (Å²) in [5.41, 5.74) is 2.15. The van der Waals surface area contributed by atoms with E-state index in [1.807, 2.05) is 68.3 Å². The Kier molecular flexibility index (Phi) is 9.45. The van der Waals surface area contributed by atoms with Crippen LogP contribution < -0.4 is 24.0 Å².